The standard InChI is InChI=1S/C15H19F2N5/c1-3-19-22-10(2)11-8-12(16)13(17)9-14(11)20-15(22)21-6-4-18-5-7-21/h3,8-10,18H,4-7H2,1-2H3/b19-3-. The van der Waals surface area contributed by atoms with Crippen LogP contribution in [0.25, 0.3) is 0 Å². The third-order valence-corrected chi connectivity index (χ3v) is 3.95. The number of hydrazone groups is 1. The molecular formula is C15H19F2N5. The van der Waals surface area contributed by atoms with E-state index in [2.05, 4.69) is 20.3 Å². The normalized spacial score (nSPS) is 22.0. The lowest BCUT2D eigenvalue weighted by Crippen LogP contribution is -2.52. The first kappa shape index (κ1) is 14.9. The fourth-order valence-corrected chi connectivity index (χ4v) is 2.80. The number of piperazine rings is 1. The molecule has 0 amide bonds. The second kappa shape index (κ2) is 6.00. The molecule has 0 spiro atoms. The van der Waals surface area contributed by atoms with Gasteiger partial charge in [0.25, 0.3) is 0 Å². The molecule has 2 heterocycles. The number of benzene rings is 1. The molecule has 5 nitrogen and oxygen atoms in total. The van der Waals surface area contributed by atoms with Crippen LogP contribution >= 0.6 is 0 Å². The van der Waals surface area contributed by atoms with E-state index in [1.807, 2.05) is 13.8 Å². The van der Waals surface area contributed by atoms with Gasteiger partial charge in [0.15, 0.2) is 11.6 Å². The van der Waals surface area contributed by atoms with Gasteiger partial charge in [-0.2, -0.15) is 5.10 Å². The molecule has 1 fully saturated rings. The maximum atomic E-state index is 13.5. The van der Waals surface area contributed by atoms with Crippen molar-refractivity contribution in [2.75, 3.05) is 26.2 Å². The number of nitrogens with one attached hydrogen (secondary N) is 1. The maximum Gasteiger partial charge on any atom is 0.223 e. The summed E-state index contributed by atoms with van der Waals surface area (Å²) in [5, 5.41) is 9.42. The summed E-state index contributed by atoms with van der Waals surface area (Å²) >= 11 is 0. The van der Waals surface area contributed by atoms with Crippen molar-refractivity contribution >= 4 is 17.9 Å². The third-order valence-electron chi connectivity index (χ3n) is 3.95. The number of hydrogen-bond donors (Lipinski definition) is 1. The Kier molecular flexibility index (Phi) is 4.06. The molecule has 3 rings (SSSR count). The number of fused-ring (bicyclic) bond motifs is 1. The molecule has 0 bridgehead atoms. The molecule has 0 aromatic heterocycles. The maximum absolute atomic E-state index is 13.5. The highest BCUT2D eigenvalue weighted by Gasteiger charge is 2.31. The minimum absolute atomic E-state index is 0.205. The van der Waals surface area contributed by atoms with E-state index in [1.165, 1.54) is 6.07 Å². The summed E-state index contributed by atoms with van der Waals surface area (Å²) in [6.07, 6.45) is 1.68. The number of aliphatic imine (C=N–C) groups is 1. The lowest BCUT2D eigenvalue weighted by Gasteiger charge is -2.39. The van der Waals surface area contributed by atoms with Crippen LogP contribution < -0.4 is 5.32 Å². The van der Waals surface area contributed by atoms with Crippen molar-refractivity contribution in [1.82, 2.24) is 15.2 Å². The highest BCUT2D eigenvalue weighted by atomic mass is 19.2. The number of hydrogen-bond acceptors (Lipinski definition) is 5. The van der Waals surface area contributed by atoms with Crippen LogP contribution in [0.15, 0.2) is 22.2 Å². The lowest BCUT2D eigenvalue weighted by molar-refractivity contribution is 0.258. The van der Waals surface area contributed by atoms with Gasteiger partial charge >= 0.3 is 0 Å². The topological polar surface area (TPSA) is 43.2 Å². The molecule has 0 aliphatic carbocycles. The molecule has 1 N–H and O–H groups in total. The molecule has 7 heteroatoms. The van der Waals surface area contributed by atoms with Crippen LogP contribution in [0.1, 0.15) is 25.5 Å². The van der Waals surface area contributed by atoms with Gasteiger partial charge in [-0.25, -0.2) is 18.8 Å². The summed E-state index contributed by atoms with van der Waals surface area (Å²) in [4.78, 5) is 6.66. The van der Waals surface area contributed by atoms with Crippen LogP contribution in [-0.2, 0) is 0 Å². The van der Waals surface area contributed by atoms with Crippen molar-refractivity contribution in [2.24, 2.45) is 10.1 Å². The van der Waals surface area contributed by atoms with Gasteiger partial charge in [0.05, 0.1) is 11.7 Å². The van der Waals surface area contributed by atoms with E-state index in [9.17, 15) is 8.78 Å². The Morgan fingerprint density at radius 2 is 1.95 bits per heavy atom. The Labute approximate surface area is 128 Å². The molecule has 22 heavy (non-hydrogen) atoms. The van der Waals surface area contributed by atoms with Crippen molar-refractivity contribution in [3.8, 4) is 0 Å². The van der Waals surface area contributed by atoms with E-state index < -0.39 is 11.6 Å². The summed E-state index contributed by atoms with van der Waals surface area (Å²) in [7, 11) is 0. The molecule has 0 saturated carbocycles. The Balaban J connectivity index is 2.07. The van der Waals surface area contributed by atoms with Crippen LogP contribution in [0.3, 0.4) is 0 Å². The molecular weight excluding hydrogens is 288 g/mol. The van der Waals surface area contributed by atoms with E-state index in [-0.39, 0.29) is 6.04 Å². The van der Waals surface area contributed by atoms with E-state index in [0.717, 1.165) is 32.2 Å². The Bertz CT molecular complexity index is 623. The zero-order valence-corrected chi connectivity index (χ0v) is 12.7. The zero-order valence-electron chi connectivity index (χ0n) is 12.7. The van der Waals surface area contributed by atoms with Crippen LogP contribution in [0.4, 0.5) is 14.5 Å². The number of halogens is 2. The summed E-state index contributed by atoms with van der Waals surface area (Å²) < 4.78 is 27.1. The fourth-order valence-electron chi connectivity index (χ4n) is 2.80. The SMILES string of the molecule is C/C=N\N1C(N2CCNCC2)=Nc2cc(F)c(F)cc2C1C. The van der Waals surface area contributed by atoms with Gasteiger partial charge < -0.3 is 10.2 Å². The van der Waals surface area contributed by atoms with E-state index in [0.29, 0.717) is 17.2 Å². The Morgan fingerprint density at radius 3 is 2.64 bits per heavy atom. The number of rotatable bonds is 1. The third kappa shape index (κ3) is 2.56. The van der Waals surface area contributed by atoms with Gasteiger partial charge in [0.1, 0.15) is 0 Å². The number of nitrogens with zero attached hydrogens (tertiary/aromatic N) is 4. The van der Waals surface area contributed by atoms with Gasteiger partial charge in [-0.05, 0) is 19.9 Å². The van der Waals surface area contributed by atoms with Gasteiger partial charge in [-0.1, -0.05) is 0 Å². The Hall–Kier alpha value is -2.02. The van der Waals surface area contributed by atoms with E-state index >= 15 is 0 Å². The molecule has 1 atom stereocenters. The molecule has 118 valence electrons. The molecule has 0 radical (unpaired) electrons. The molecule has 1 aromatic rings. The molecule has 1 unspecified atom stereocenters. The van der Waals surface area contributed by atoms with Crippen molar-refractivity contribution in [3.63, 3.8) is 0 Å². The van der Waals surface area contributed by atoms with Gasteiger partial charge in [0.2, 0.25) is 5.96 Å². The number of guanidine groups is 1. The van der Waals surface area contributed by atoms with Crippen molar-refractivity contribution in [1.29, 1.82) is 0 Å². The van der Waals surface area contributed by atoms with Crippen molar-refractivity contribution < 1.29 is 8.78 Å². The van der Waals surface area contributed by atoms with Gasteiger partial charge in [-0.15, -0.1) is 0 Å². The second-order valence-electron chi connectivity index (χ2n) is 5.37. The molecule has 2 aliphatic heterocycles. The first-order valence-electron chi connectivity index (χ1n) is 7.43. The predicted octanol–water partition coefficient (Wildman–Crippen LogP) is 2.24. The lowest BCUT2D eigenvalue weighted by atomic mass is 10.0. The minimum Gasteiger partial charge on any atom is -0.338 e. The predicted molar refractivity (Wildman–Crippen MR) is 82.3 cm³/mol. The van der Waals surface area contributed by atoms with E-state index in [4.69, 9.17) is 0 Å². The first-order valence-corrected chi connectivity index (χ1v) is 7.43. The summed E-state index contributed by atoms with van der Waals surface area (Å²) in [6, 6.07) is 2.17. The van der Waals surface area contributed by atoms with E-state index in [1.54, 1.807) is 11.2 Å². The first-order chi connectivity index (χ1) is 10.6. The van der Waals surface area contributed by atoms with Gasteiger partial charge in [-0.3, -0.25) is 0 Å². The smallest absolute Gasteiger partial charge is 0.223 e. The molecule has 2 aliphatic rings. The zero-order chi connectivity index (χ0) is 15.7. The Morgan fingerprint density at radius 1 is 1.27 bits per heavy atom. The largest absolute Gasteiger partial charge is 0.338 e. The van der Waals surface area contributed by atoms with Crippen LogP contribution in [-0.4, -0.2) is 48.3 Å². The van der Waals surface area contributed by atoms with Gasteiger partial charge in [0, 0.05) is 44.0 Å². The van der Waals surface area contributed by atoms with Crippen molar-refractivity contribution in [3.05, 3.63) is 29.3 Å². The summed E-state index contributed by atoms with van der Waals surface area (Å²) in [5.41, 5.74) is 1.12. The highest BCUT2D eigenvalue weighted by molar-refractivity contribution is 5.86. The average molecular weight is 307 g/mol. The van der Waals surface area contributed by atoms with Crippen LogP contribution in [0, 0.1) is 11.6 Å². The average Bonchev–Trinajstić information content (AvgIpc) is 2.53. The quantitative estimate of drug-likeness (QED) is 0.809. The van der Waals surface area contributed by atoms with Crippen molar-refractivity contribution in [2.45, 2.75) is 19.9 Å². The van der Waals surface area contributed by atoms with Crippen LogP contribution in [0.2, 0.25) is 0 Å². The van der Waals surface area contributed by atoms with Crippen LogP contribution in [0.5, 0.6) is 0 Å². The molecule has 1 saturated heterocycles. The fraction of sp³-hybridized carbons (Fsp3) is 0.467. The minimum atomic E-state index is -0.873. The highest BCUT2D eigenvalue weighted by Crippen LogP contribution is 2.36. The molecule has 1 aromatic carbocycles. The second-order valence-corrected chi connectivity index (χ2v) is 5.37. The summed E-state index contributed by atoms with van der Waals surface area (Å²) in [6.45, 7) is 7.08. The monoisotopic (exact) mass is 307 g/mol. The summed E-state index contributed by atoms with van der Waals surface area (Å²) in [5.74, 6) is -1.04.